The van der Waals surface area contributed by atoms with Gasteiger partial charge in [-0.2, -0.15) is 0 Å². The first kappa shape index (κ1) is 11.9. The molecule has 0 fully saturated rings. The van der Waals surface area contributed by atoms with E-state index in [1.165, 1.54) is 0 Å². The van der Waals surface area contributed by atoms with E-state index in [-0.39, 0.29) is 5.78 Å². The molecule has 2 N–H and O–H groups in total. The Balaban J connectivity index is 2.50. The number of carbonyl (C=O) groups is 1. The van der Waals surface area contributed by atoms with E-state index >= 15 is 0 Å². The zero-order chi connectivity index (χ0) is 12.4. The second kappa shape index (κ2) is 4.75. The number of fused-ring (bicyclic) bond motifs is 1. The van der Waals surface area contributed by atoms with Crippen molar-refractivity contribution >= 4 is 5.78 Å². The van der Waals surface area contributed by atoms with Gasteiger partial charge in [0.05, 0.1) is 6.04 Å². The van der Waals surface area contributed by atoms with Crippen LogP contribution >= 0.6 is 0 Å². The molecule has 92 valence electrons. The monoisotopic (exact) mass is 235 g/mol. The van der Waals surface area contributed by atoms with Crippen LogP contribution in [0.4, 0.5) is 0 Å². The quantitative estimate of drug-likeness (QED) is 0.807. The zero-order valence-electron chi connectivity index (χ0n) is 10.2. The number of rotatable bonds is 3. The van der Waals surface area contributed by atoms with Crippen molar-refractivity contribution in [3.8, 4) is 11.5 Å². The van der Waals surface area contributed by atoms with Gasteiger partial charge in [-0.15, -0.1) is 0 Å². The van der Waals surface area contributed by atoms with Gasteiger partial charge in [-0.1, -0.05) is 6.92 Å². The smallest absolute Gasteiger partial charge is 0.179 e. The molecule has 0 bridgehead atoms. The van der Waals surface area contributed by atoms with Crippen LogP contribution in [0.25, 0.3) is 0 Å². The fourth-order valence-electron chi connectivity index (χ4n) is 2.00. The second-order valence-electron chi connectivity index (χ2n) is 4.12. The summed E-state index contributed by atoms with van der Waals surface area (Å²) in [4.78, 5) is 12.0. The Morgan fingerprint density at radius 1 is 1.41 bits per heavy atom. The van der Waals surface area contributed by atoms with E-state index in [2.05, 4.69) is 0 Å². The fourth-order valence-corrected chi connectivity index (χ4v) is 2.00. The molecule has 0 spiro atoms. The highest BCUT2D eigenvalue weighted by Gasteiger charge is 2.22. The number of ether oxygens (including phenoxy) is 2. The number of ketones is 1. The molecule has 0 aliphatic carbocycles. The van der Waals surface area contributed by atoms with Gasteiger partial charge in [0.25, 0.3) is 0 Å². The molecule has 1 heterocycles. The predicted molar refractivity (Wildman–Crippen MR) is 64.8 cm³/mol. The molecule has 0 radical (unpaired) electrons. The van der Waals surface area contributed by atoms with E-state index < -0.39 is 6.04 Å². The molecule has 1 aromatic rings. The van der Waals surface area contributed by atoms with Crippen LogP contribution in [-0.4, -0.2) is 25.0 Å². The first-order valence-corrected chi connectivity index (χ1v) is 5.86. The van der Waals surface area contributed by atoms with Crippen molar-refractivity contribution in [1.29, 1.82) is 0 Å². The van der Waals surface area contributed by atoms with Gasteiger partial charge in [0, 0.05) is 11.1 Å². The maximum atomic E-state index is 12.0. The second-order valence-corrected chi connectivity index (χ2v) is 4.12. The van der Waals surface area contributed by atoms with Crippen LogP contribution in [0, 0.1) is 0 Å². The summed E-state index contributed by atoms with van der Waals surface area (Å²) in [6, 6.07) is 3.06. The third kappa shape index (κ3) is 2.13. The molecule has 4 heteroatoms. The van der Waals surface area contributed by atoms with Gasteiger partial charge in [0.1, 0.15) is 13.2 Å². The normalized spacial score (nSPS) is 15.5. The SMILES string of the molecule is CCc1c(C(=O)C(C)N)ccc2c1OCCO2. The van der Waals surface area contributed by atoms with E-state index in [1.54, 1.807) is 19.1 Å². The minimum absolute atomic E-state index is 0.0566. The number of Topliss-reactive ketones (excluding diaryl/α,β-unsaturated/α-hetero) is 1. The van der Waals surface area contributed by atoms with Gasteiger partial charge in [-0.3, -0.25) is 4.79 Å². The van der Waals surface area contributed by atoms with Crippen LogP contribution in [-0.2, 0) is 6.42 Å². The highest BCUT2D eigenvalue weighted by atomic mass is 16.6. The molecule has 0 saturated carbocycles. The van der Waals surface area contributed by atoms with Crippen LogP contribution in [0.2, 0.25) is 0 Å². The molecule has 2 rings (SSSR count). The molecule has 1 aliphatic heterocycles. The third-order valence-corrected chi connectivity index (χ3v) is 2.84. The lowest BCUT2D eigenvalue weighted by atomic mass is 9.96. The Bertz CT molecular complexity index is 441. The van der Waals surface area contributed by atoms with Gasteiger partial charge in [-0.05, 0) is 25.5 Å². The van der Waals surface area contributed by atoms with Crippen LogP contribution < -0.4 is 15.2 Å². The molecular weight excluding hydrogens is 218 g/mol. The summed E-state index contributed by atoms with van der Waals surface area (Å²) in [6.07, 6.45) is 0.723. The van der Waals surface area contributed by atoms with Crippen molar-refractivity contribution in [1.82, 2.24) is 0 Å². The van der Waals surface area contributed by atoms with E-state index in [0.29, 0.717) is 30.3 Å². The molecule has 1 aliphatic rings. The molecule has 1 atom stereocenters. The minimum Gasteiger partial charge on any atom is -0.486 e. The maximum Gasteiger partial charge on any atom is 0.179 e. The third-order valence-electron chi connectivity index (χ3n) is 2.84. The van der Waals surface area contributed by atoms with Gasteiger partial charge in [0.15, 0.2) is 17.3 Å². The lowest BCUT2D eigenvalue weighted by molar-refractivity contribution is 0.0965. The summed E-state index contributed by atoms with van der Waals surface area (Å²) in [7, 11) is 0. The number of hydrogen-bond donors (Lipinski definition) is 1. The average molecular weight is 235 g/mol. The van der Waals surface area contributed by atoms with Crippen LogP contribution in [0.1, 0.15) is 29.8 Å². The van der Waals surface area contributed by atoms with Crippen LogP contribution in [0.3, 0.4) is 0 Å². The Morgan fingerprint density at radius 2 is 2.12 bits per heavy atom. The zero-order valence-corrected chi connectivity index (χ0v) is 10.2. The van der Waals surface area contributed by atoms with Gasteiger partial charge in [0.2, 0.25) is 0 Å². The van der Waals surface area contributed by atoms with E-state index in [1.807, 2.05) is 6.92 Å². The minimum atomic E-state index is -0.497. The highest BCUT2D eigenvalue weighted by molar-refractivity contribution is 6.01. The number of benzene rings is 1. The lowest BCUT2D eigenvalue weighted by Crippen LogP contribution is -2.28. The molecule has 0 amide bonds. The topological polar surface area (TPSA) is 61.6 Å². The largest absolute Gasteiger partial charge is 0.486 e. The van der Waals surface area contributed by atoms with Crippen LogP contribution in [0.5, 0.6) is 11.5 Å². The van der Waals surface area contributed by atoms with Crippen LogP contribution in [0.15, 0.2) is 12.1 Å². The molecule has 17 heavy (non-hydrogen) atoms. The first-order chi connectivity index (χ1) is 8.15. The van der Waals surface area contributed by atoms with Crippen molar-refractivity contribution in [3.05, 3.63) is 23.3 Å². The van der Waals surface area contributed by atoms with E-state index in [9.17, 15) is 4.79 Å². The summed E-state index contributed by atoms with van der Waals surface area (Å²) >= 11 is 0. The molecule has 1 aromatic carbocycles. The van der Waals surface area contributed by atoms with Gasteiger partial charge in [-0.25, -0.2) is 0 Å². The summed E-state index contributed by atoms with van der Waals surface area (Å²) in [5.74, 6) is 1.36. The van der Waals surface area contributed by atoms with Gasteiger partial charge < -0.3 is 15.2 Å². The fraction of sp³-hybridized carbons (Fsp3) is 0.462. The summed E-state index contributed by atoms with van der Waals surface area (Å²) in [6.45, 7) is 4.76. The van der Waals surface area contributed by atoms with Crippen molar-refractivity contribution in [2.75, 3.05) is 13.2 Å². The van der Waals surface area contributed by atoms with Crippen molar-refractivity contribution in [2.45, 2.75) is 26.3 Å². The molecular formula is C13H17NO3. The Kier molecular flexibility index (Phi) is 3.33. The molecule has 0 saturated heterocycles. The first-order valence-electron chi connectivity index (χ1n) is 5.86. The molecule has 4 nitrogen and oxygen atoms in total. The van der Waals surface area contributed by atoms with Crippen molar-refractivity contribution in [2.24, 2.45) is 5.73 Å². The predicted octanol–water partition coefficient (Wildman–Crippen LogP) is 1.55. The highest BCUT2D eigenvalue weighted by Crippen LogP contribution is 2.36. The summed E-state index contributed by atoms with van der Waals surface area (Å²) in [5.41, 5.74) is 7.18. The number of nitrogens with two attached hydrogens (primary N) is 1. The maximum absolute atomic E-state index is 12.0. The number of hydrogen-bond acceptors (Lipinski definition) is 4. The summed E-state index contributed by atoms with van der Waals surface area (Å²) in [5, 5.41) is 0. The van der Waals surface area contributed by atoms with E-state index in [0.717, 1.165) is 12.0 Å². The average Bonchev–Trinajstić information content (AvgIpc) is 2.36. The van der Waals surface area contributed by atoms with E-state index in [4.69, 9.17) is 15.2 Å². The van der Waals surface area contributed by atoms with Crippen molar-refractivity contribution < 1.29 is 14.3 Å². The molecule has 1 unspecified atom stereocenters. The Morgan fingerprint density at radius 3 is 2.76 bits per heavy atom. The Hall–Kier alpha value is -1.55. The standard InChI is InChI=1S/C13H17NO3/c1-3-9-10(12(15)8(2)14)4-5-11-13(9)17-7-6-16-11/h4-5,8H,3,6-7,14H2,1-2H3. The Labute approximate surface area is 101 Å². The van der Waals surface area contributed by atoms with Gasteiger partial charge >= 0.3 is 0 Å². The lowest BCUT2D eigenvalue weighted by Gasteiger charge is -2.22. The van der Waals surface area contributed by atoms with Crippen molar-refractivity contribution in [3.63, 3.8) is 0 Å². The number of carbonyl (C=O) groups excluding carboxylic acids is 1. The molecule has 0 aromatic heterocycles. The summed E-state index contributed by atoms with van der Waals surface area (Å²) < 4.78 is 11.1.